The highest BCUT2D eigenvalue weighted by Gasteiger charge is 2.13. The number of rotatable bonds is 4. The van der Waals surface area contributed by atoms with Gasteiger partial charge in [-0.15, -0.1) is 0 Å². The summed E-state index contributed by atoms with van der Waals surface area (Å²) in [5.74, 6) is 0. The molecule has 2 heteroatoms. The van der Waals surface area contributed by atoms with Gasteiger partial charge in [0.25, 0.3) is 0 Å². The summed E-state index contributed by atoms with van der Waals surface area (Å²) < 4.78 is 0. The van der Waals surface area contributed by atoms with E-state index in [9.17, 15) is 0 Å². The number of benzene rings is 2. The molecule has 2 aromatic carbocycles. The normalized spacial score (nSPS) is 10.5. The van der Waals surface area contributed by atoms with Crippen LogP contribution >= 0.6 is 0 Å². The van der Waals surface area contributed by atoms with Crippen LogP contribution in [0.1, 0.15) is 23.6 Å². The summed E-state index contributed by atoms with van der Waals surface area (Å²) in [5.41, 5.74) is 12.1. The maximum absolute atomic E-state index is 5.89. The van der Waals surface area contributed by atoms with Crippen LogP contribution in [0, 0.1) is 13.8 Å². The number of nitrogens with two attached hydrogens (primary N) is 1. The molecule has 0 aliphatic carbocycles. The van der Waals surface area contributed by atoms with E-state index >= 15 is 0 Å². The molecule has 0 aliphatic rings. The summed E-state index contributed by atoms with van der Waals surface area (Å²) in [6.45, 7) is 7.95. The van der Waals surface area contributed by atoms with Crippen LogP contribution in [0.25, 0.3) is 0 Å². The van der Waals surface area contributed by atoms with Crippen molar-refractivity contribution in [1.82, 2.24) is 0 Å². The van der Waals surface area contributed by atoms with Gasteiger partial charge >= 0.3 is 0 Å². The van der Waals surface area contributed by atoms with Crippen LogP contribution < -0.4 is 10.6 Å². The highest BCUT2D eigenvalue weighted by atomic mass is 15.1. The average Bonchev–Trinajstić information content (AvgIpc) is 2.41. The summed E-state index contributed by atoms with van der Waals surface area (Å²) in [7, 11) is 0. The lowest BCUT2D eigenvalue weighted by Crippen LogP contribution is -2.20. The molecule has 2 N–H and O–H groups in total. The van der Waals surface area contributed by atoms with Gasteiger partial charge in [-0.3, -0.25) is 0 Å². The van der Waals surface area contributed by atoms with Crippen LogP contribution in [0.2, 0.25) is 0 Å². The van der Waals surface area contributed by atoms with E-state index in [2.05, 4.69) is 68.1 Å². The molecule has 0 unspecified atom stereocenters. The van der Waals surface area contributed by atoms with Gasteiger partial charge in [-0.2, -0.15) is 0 Å². The fraction of sp³-hybridized carbons (Fsp3) is 0.294. The Morgan fingerprint density at radius 3 is 2.42 bits per heavy atom. The van der Waals surface area contributed by atoms with E-state index in [0.29, 0.717) is 6.54 Å². The fourth-order valence-electron chi connectivity index (χ4n) is 2.54. The molecule has 2 nitrogen and oxygen atoms in total. The van der Waals surface area contributed by atoms with E-state index in [-0.39, 0.29) is 0 Å². The Bertz CT molecular complexity index is 561. The Morgan fingerprint density at radius 1 is 1.05 bits per heavy atom. The monoisotopic (exact) mass is 254 g/mol. The Kier molecular flexibility index (Phi) is 4.23. The third kappa shape index (κ3) is 2.79. The first-order valence-electron chi connectivity index (χ1n) is 6.80. The number of aryl methyl sites for hydroxylation is 2. The van der Waals surface area contributed by atoms with Gasteiger partial charge in [0.2, 0.25) is 0 Å². The van der Waals surface area contributed by atoms with Crippen LogP contribution in [-0.2, 0) is 6.54 Å². The van der Waals surface area contributed by atoms with E-state index in [1.165, 1.54) is 28.1 Å². The van der Waals surface area contributed by atoms with E-state index < -0.39 is 0 Å². The Balaban J connectivity index is 2.54. The van der Waals surface area contributed by atoms with Crippen molar-refractivity contribution in [3.63, 3.8) is 0 Å². The van der Waals surface area contributed by atoms with Crippen LogP contribution in [0.3, 0.4) is 0 Å². The molecule has 0 aliphatic heterocycles. The molecular weight excluding hydrogens is 232 g/mol. The van der Waals surface area contributed by atoms with Gasteiger partial charge in [0.15, 0.2) is 0 Å². The van der Waals surface area contributed by atoms with Gasteiger partial charge in [0.1, 0.15) is 0 Å². The van der Waals surface area contributed by atoms with Crippen molar-refractivity contribution in [2.45, 2.75) is 27.3 Å². The third-order valence-corrected chi connectivity index (χ3v) is 3.44. The molecule has 0 bridgehead atoms. The van der Waals surface area contributed by atoms with Crippen molar-refractivity contribution in [3.8, 4) is 0 Å². The van der Waals surface area contributed by atoms with Gasteiger partial charge in [0, 0.05) is 24.5 Å². The van der Waals surface area contributed by atoms with Gasteiger partial charge < -0.3 is 10.6 Å². The average molecular weight is 254 g/mol. The number of para-hydroxylation sites is 1. The Hall–Kier alpha value is -1.80. The smallest absolute Gasteiger partial charge is 0.0485 e. The zero-order valence-electron chi connectivity index (χ0n) is 12.0. The highest BCUT2D eigenvalue weighted by molar-refractivity contribution is 5.70. The minimum absolute atomic E-state index is 0.569. The Morgan fingerprint density at radius 2 is 1.79 bits per heavy atom. The first-order chi connectivity index (χ1) is 9.17. The summed E-state index contributed by atoms with van der Waals surface area (Å²) in [5, 5.41) is 0. The van der Waals surface area contributed by atoms with Gasteiger partial charge in [0.05, 0.1) is 0 Å². The summed E-state index contributed by atoms with van der Waals surface area (Å²) in [6.07, 6.45) is 0. The van der Waals surface area contributed by atoms with Crippen molar-refractivity contribution >= 4 is 11.4 Å². The van der Waals surface area contributed by atoms with Crippen molar-refractivity contribution in [3.05, 3.63) is 59.2 Å². The van der Waals surface area contributed by atoms with Crippen LogP contribution in [0.5, 0.6) is 0 Å². The summed E-state index contributed by atoms with van der Waals surface area (Å²) in [6, 6.07) is 14.9. The molecule has 2 aromatic rings. The van der Waals surface area contributed by atoms with Crippen LogP contribution in [0.4, 0.5) is 11.4 Å². The van der Waals surface area contributed by atoms with Crippen molar-refractivity contribution in [2.24, 2.45) is 5.73 Å². The topological polar surface area (TPSA) is 29.3 Å². The van der Waals surface area contributed by atoms with E-state index in [4.69, 9.17) is 5.73 Å². The van der Waals surface area contributed by atoms with Gasteiger partial charge in [-0.05, 0) is 49.6 Å². The third-order valence-electron chi connectivity index (χ3n) is 3.44. The van der Waals surface area contributed by atoms with E-state index in [1.54, 1.807) is 0 Å². The number of anilines is 2. The van der Waals surface area contributed by atoms with Crippen LogP contribution in [-0.4, -0.2) is 6.54 Å². The van der Waals surface area contributed by atoms with E-state index in [0.717, 1.165) is 6.54 Å². The molecule has 2 rings (SSSR count). The number of nitrogens with zero attached hydrogens (tertiary/aromatic N) is 1. The van der Waals surface area contributed by atoms with Crippen molar-refractivity contribution in [2.75, 3.05) is 11.4 Å². The first-order valence-corrected chi connectivity index (χ1v) is 6.80. The predicted octanol–water partition coefficient (Wildman–Crippen LogP) is 3.92. The van der Waals surface area contributed by atoms with Crippen LogP contribution in [0.15, 0.2) is 42.5 Å². The lowest BCUT2D eigenvalue weighted by molar-refractivity contribution is 0.974. The molecule has 0 radical (unpaired) electrons. The lowest BCUT2D eigenvalue weighted by atomic mass is 10.1. The molecule has 0 aromatic heterocycles. The second-order valence-electron chi connectivity index (χ2n) is 4.87. The second-order valence-corrected chi connectivity index (χ2v) is 4.87. The quantitative estimate of drug-likeness (QED) is 0.896. The molecule has 0 atom stereocenters. The van der Waals surface area contributed by atoms with Gasteiger partial charge in [-0.1, -0.05) is 30.3 Å². The first kappa shape index (κ1) is 13.6. The molecule has 19 heavy (non-hydrogen) atoms. The maximum atomic E-state index is 5.89. The molecule has 0 saturated heterocycles. The fourth-order valence-corrected chi connectivity index (χ4v) is 2.54. The SMILES string of the molecule is CCN(c1cccc(C)c1)c1c(C)cccc1CN. The van der Waals surface area contributed by atoms with Gasteiger partial charge in [-0.25, -0.2) is 0 Å². The summed E-state index contributed by atoms with van der Waals surface area (Å²) in [4.78, 5) is 2.34. The predicted molar refractivity (Wildman–Crippen MR) is 82.9 cm³/mol. The minimum atomic E-state index is 0.569. The zero-order chi connectivity index (χ0) is 13.8. The maximum Gasteiger partial charge on any atom is 0.0485 e. The number of hydrogen-bond donors (Lipinski definition) is 1. The largest absolute Gasteiger partial charge is 0.341 e. The lowest BCUT2D eigenvalue weighted by Gasteiger charge is -2.28. The summed E-state index contributed by atoms with van der Waals surface area (Å²) >= 11 is 0. The molecule has 0 heterocycles. The van der Waals surface area contributed by atoms with Crippen molar-refractivity contribution < 1.29 is 0 Å². The van der Waals surface area contributed by atoms with Crippen molar-refractivity contribution in [1.29, 1.82) is 0 Å². The standard InChI is InChI=1S/C17H22N2/c1-4-19(16-10-5-7-13(2)11-16)17-14(3)8-6-9-15(17)12-18/h5-11H,4,12,18H2,1-3H3. The second kappa shape index (κ2) is 5.89. The minimum Gasteiger partial charge on any atom is -0.341 e. The van der Waals surface area contributed by atoms with E-state index in [1.807, 2.05) is 0 Å². The molecule has 0 fully saturated rings. The molecule has 0 saturated carbocycles. The Labute approximate surface area is 115 Å². The zero-order valence-corrected chi connectivity index (χ0v) is 12.0. The molecular formula is C17H22N2. The molecule has 0 amide bonds. The highest BCUT2D eigenvalue weighted by Crippen LogP contribution is 2.31. The molecule has 100 valence electrons. The number of hydrogen-bond acceptors (Lipinski definition) is 2. The molecule has 0 spiro atoms.